The molecule has 25 heavy (non-hydrogen) atoms. The van der Waals surface area contributed by atoms with Gasteiger partial charge in [-0.2, -0.15) is 0 Å². The van der Waals surface area contributed by atoms with Gasteiger partial charge in [0.05, 0.1) is 5.92 Å². The fourth-order valence-electron chi connectivity index (χ4n) is 3.04. The number of hydrogen-bond donors (Lipinski definition) is 1. The molecule has 2 aromatic rings. The molecule has 0 aromatic carbocycles. The lowest BCUT2D eigenvalue weighted by molar-refractivity contribution is -0.124. The number of nitrogens with zero attached hydrogens (tertiary/aromatic N) is 4. The van der Waals surface area contributed by atoms with E-state index in [0.717, 1.165) is 22.2 Å². The van der Waals surface area contributed by atoms with Crippen LogP contribution in [0.4, 0.5) is 0 Å². The van der Waals surface area contributed by atoms with E-state index in [1.165, 1.54) is 11.8 Å². The van der Waals surface area contributed by atoms with E-state index >= 15 is 0 Å². The summed E-state index contributed by atoms with van der Waals surface area (Å²) in [7, 11) is 0. The van der Waals surface area contributed by atoms with Gasteiger partial charge in [0.15, 0.2) is 5.16 Å². The second kappa shape index (κ2) is 7.43. The second-order valence-electron chi connectivity index (χ2n) is 6.19. The van der Waals surface area contributed by atoms with Gasteiger partial charge in [0.25, 0.3) is 5.56 Å². The minimum atomic E-state index is -0.215. The minimum Gasteiger partial charge on any atom is -0.354 e. The van der Waals surface area contributed by atoms with Gasteiger partial charge in [-0.15, -0.1) is 0 Å². The van der Waals surface area contributed by atoms with Crippen molar-refractivity contribution in [3.8, 4) is 0 Å². The highest BCUT2D eigenvalue weighted by Gasteiger charge is 2.27. The van der Waals surface area contributed by atoms with E-state index in [-0.39, 0.29) is 17.4 Å². The number of carbonyl (C=O) groups excluding carboxylic acids is 1. The maximum absolute atomic E-state index is 12.6. The normalized spacial score (nSPS) is 16.5. The molecule has 1 aliphatic rings. The fourth-order valence-corrected chi connectivity index (χ4v) is 4.17. The van der Waals surface area contributed by atoms with E-state index in [0.29, 0.717) is 31.8 Å². The summed E-state index contributed by atoms with van der Waals surface area (Å²) >= 11 is 1.48. The first kappa shape index (κ1) is 17.7. The van der Waals surface area contributed by atoms with Gasteiger partial charge in [0.1, 0.15) is 5.82 Å². The highest BCUT2D eigenvalue weighted by atomic mass is 32.2. The van der Waals surface area contributed by atoms with E-state index in [2.05, 4.69) is 15.3 Å². The van der Waals surface area contributed by atoms with Crippen LogP contribution in [-0.2, 0) is 24.3 Å². The third kappa shape index (κ3) is 3.63. The zero-order valence-electron chi connectivity index (χ0n) is 14.8. The highest BCUT2D eigenvalue weighted by Crippen LogP contribution is 2.25. The fraction of sp³-hybridized carbons (Fsp3) is 0.529. The van der Waals surface area contributed by atoms with Crippen LogP contribution < -0.4 is 10.9 Å². The molecule has 2 aromatic heterocycles. The summed E-state index contributed by atoms with van der Waals surface area (Å²) in [6.45, 7) is 7.40. The van der Waals surface area contributed by atoms with Crippen LogP contribution in [0.5, 0.6) is 0 Å². The lowest BCUT2D eigenvalue weighted by Crippen LogP contribution is -2.41. The Morgan fingerprint density at radius 3 is 2.92 bits per heavy atom. The van der Waals surface area contributed by atoms with Gasteiger partial charge in [-0.25, -0.2) is 9.97 Å². The maximum Gasteiger partial charge on any atom is 0.257 e. The zero-order chi connectivity index (χ0) is 18.0. The number of imidazole rings is 1. The number of amides is 1. The minimum absolute atomic E-state index is 0.0101. The summed E-state index contributed by atoms with van der Waals surface area (Å²) in [4.78, 5) is 33.8. The quantitative estimate of drug-likeness (QED) is 0.808. The summed E-state index contributed by atoms with van der Waals surface area (Å²) in [5.41, 5.74) is 1.52. The first-order valence-corrected chi connectivity index (χ1v) is 9.48. The molecule has 0 saturated heterocycles. The number of fused-ring (bicyclic) bond motifs is 1. The van der Waals surface area contributed by atoms with E-state index in [1.54, 1.807) is 10.8 Å². The zero-order valence-corrected chi connectivity index (χ0v) is 15.6. The number of aromatic nitrogens is 4. The van der Waals surface area contributed by atoms with Crippen LogP contribution in [0.25, 0.3) is 0 Å². The van der Waals surface area contributed by atoms with Crippen molar-refractivity contribution < 1.29 is 4.79 Å². The molecule has 1 amide bonds. The lowest BCUT2D eigenvalue weighted by Gasteiger charge is -2.25. The van der Waals surface area contributed by atoms with Crippen LogP contribution in [0.15, 0.2) is 22.3 Å². The Morgan fingerprint density at radius 2 is 2.24 bits per heavy atom. The second-order valence-corrected chi connectivity index (χ2v) is 7.18. The predicted molar refractivity (Wildman–Crippen MR) is 96.8 cm³/mol. The maximum atomic E-state index is 12.6. The number of thioether (sulfide) groups is 1. The molecule has 0 aliphatic carbocycles. The first-order chi connectivity index (χ1) is 12.0. The Bertz CT molecular complexity index is 842. The van der Waals surface area contributed by atoms with Crippen LogP contribution in [0.1, 0.15) is 24.0 Å². The molecule has 0 fully saturated rings. The monoisotopic (exact) mass is 361 g/mol. The van der Waals surface area contributed by atoms with Crippen LogP contribution in [0.3, 0.4) is 0 Å². The van der Waals surface area contributed by atoms with Gasteiger partial charge in [-0.05, 0) is 20.3 Å². The summed E-state index contributed by atoms with van der Waals surface area (Å²) < 4.78 is 3.65. The molecule has 8 heteroatoms. The molecular weight excluding hydrogens is 338 g/mol. The third-order valence-electron chi connectivity index (χ3n) is 4.55. The molecule has 134 valence electrons. The van der Waals surface area contributed by atoms with Crippen LogP contribution in [0, 0.1) is 19.8 Å². The van der Waals surface area contributed by atoms with Gasteiger partial charge in [-0.3, -0.25) is 14.2 Å². The van der Waals surface area contributed by atoms with E-state index < -0.39 is 0 Å². The molecule has 3 rings (SSSR count). The number of carbonyl (C=O) groups is 1. The van der Waals surface area contributed by atoms with Crippen molar-refractivity contribution >= 4 is 17.7 Å². The van der Waals surface area contributed by atoms with E-state index in [4.69, 9.17) is 0 Å². The largest absolute Gasteiger partial charge is 0.354 e. The Hall–Kier alpha value is -2.09. The Morgan fingerprint density at radius 1 is 1.44 bits per heavy atom. The van der Waals surface area contributed by atoms with Gasteiger partial charge >= 0.3 is 0 Å². The lowest BCUT2D eigenvalue weighted by atomic mass is 10.1. The molecule has 0 spiro atoms. The van der Waals surface area contributed by atoms with Crippen LogP contribution in [-0.4, -0.2) is 37.3 Å². The molecule has 7 nitrogen and oxygen atoms in total. The molecular formula is C17H23N5O2S. The molecule has 1 N–H and O–H groups in total. The molecule has 3 heterocycles. The van der Waals surface area contributed by atoms with Gasteiger partial charge in [-0.1, -0.05) is 18.7 Å². The SMILES string of the molecule is CCc1c(C)nc2n(c1=O)CC(C(=O)NCCn1ccnc1C)CS2. The third-order valence-corrected chi connectivity index (χ3v) is 5.69. The van der Waals surface area contributed by atoms with Crippen LogP contribution in [0.2, 0.25) is 0 Å². The van der Waals surface area contributed by atoms with Crippen molar-refractivity contribution in [2.45, 2.75) is 45.4 Å². The summed E-state index contributed by atoms with van der Waals surface area (Å²) in [5, 5.41) is 3.69. The number of aryl methyl sites for hydroxylation is 2. The topological polar surface area (TPSA) is 81.8 Å². The van der Waals surface area contributed by atoms with Crippen molar-refractivity contribution in [2.75, 3.05) is 12.3 Å². The van der Waals surface area contributed by atoms with Crippen molar-refractivity contribution in [2.24, 2.45) is 5.92 Å². The molecule has 0 bridgehead atoms. The Labute approximate surface area is 150 Å². The van der Waals surface area contributed by atoms with Gasteiger partial charge < -0.3 is 9.88 Å². The number of hydrogen-bond acceptors (Lipinski definition) is 5. The molecule has 0 radical (unpaired) electrons. The molecule has 1 atom stereocenters. The van der Waals surface area contributed by atoms with Gasteiger partial charge in [0, 0.05) is 49.0 Å². The first-order valence-electron chi connectivity index (χ1n) is 8.49. The summed E-state index contributed by atoms with van der Waals surface area (Å²) in [5.74, 6) is 1.35. The molecule has 1 unspecified atom stereocenters. The standard InChI is InChI=1S/C17H23N5O2S/c1-4-14-11(2)20-17-22(16(14)24)9-13(10-25-17)15(23)19-6-8-21-7-5-18-12(21)3/h5,7,13H,4,6,8-10H2,1-3H3,(H,19,23). The van der Waals surface area contributed by atoms with Crippen molar-refractivity contribution in [3.63, 3.8) is 0 Å². The van der Waals surface area contributed by atoms with Crippen molar-refractivity contribution in [1.29, 1.82) is 0 Å². The van der Waals surface area contributed by atoms with Crippen molar-refractivity contribution in [3.05, 3.63) is 39.8 Å². The Balaban J connectivity index is 1.65. The average Bonchev–Trinajstić information content (AvgIpc) is 3.00. The smallest absolute Gasteiger partial charge is 0.257 e. The molecule has 1 aliphatic heterocycles. The number of nitrogens with one attached hydrogen (secondary N) is 1. The Kier molecular flexibility index (Phi) is 5.27. The summed E-state index contributed by atoms with van der Waals surface area (Å²) in [6, 6.07) is 0. The summed E-state index contributed by atoms with van der Waals surface area (Å²) in [6.07, 6.45) is 4.30. The van der Waals surface area contributed by atoms with Crippen LogP contribution >= 0.6 is 11.8 Å². The molecule has 0 saturated carbocycles. The average molecular weight is 361 g/mol. The van der Waals surface area contributed by atoms with Crippen molar-refractivity contribution in [1.82, 2.24) is 24.4 Å². The highest BCUT2D eigenvalue weighted by molar-refractivity contribution is 7.99. The van der Waals surface area contributed by atoms with Gasteiger partial charge in [0.2, 0.25) is 5.91 Å². The number of rotatable bonds is 5. The predicted octanol–water partition coefficient (Wildman–Crippen LogP) is 1.16. The van der Waals surface area contributed by atoms with E-state index in [1.807, 2.05) is 31.5 Å². The van der Waals surface area contributed by atoms with E-state index in [9.17, 15) is 9.59 Å².